The fraction of sp³-hybridized carbons (Fsp3) is 0.429. The molecule has 29 heavy (non-hydrogen) atoms. The van der Waals surface area contributed by atoms with E-state index in [1.54, 1.807) is 12.1 Å². The van der Waals surface area contributed by atoms with Gasteiger partial charge in [-0.2, -0.15) is 0 Å². The van der Waals surface area contributed by atoms with Gasteiger partial charge in [0.15, 0.2) is 0 Å². The molecule has 0 radical (unpaired) electrons. The number of carbonyl (C=O) groups is 2. The maximum atomic E-state index is 13.2. The number of carbonyl (C=O) groups excluding carboxylic acids is 2. The summed E-state index contributed by atoms with van der Waals surface area (Å²) >= 11 is 7.12. The number of rotatable bonds is 4. The monoisotopic (exact) mass is 433 g/mol. The van der Waals surface area contributed by atoms with Crippen molar-refractivity contribution in [3.05, 3.63) is 50.7 Å². The van der Waals surface area contributed by atoms with Crippen LogP contribution < -0.4 is 16.0 Å². The van der Waals surface area contributed by atoms with E-state index in [9.17, 15) is 9.59 Å². The van der Waals surface area contributed by atoms with Gasteiger partial charge in [0.05, 0.1) is 15.8 Å². The van der Waals surface area contributed by atoms with Gasteiger partial charge in [-0.1, -0.05) is 17.7 Å². The van der Waals surface area contributed by atoms with E-state index in [0.717, 1.165) is 25.1 Å². The van der Waals surface area contributed by atoms with Crippen molar-refractivity contribution in [2.75, 3.05) is 25.1 Å². The molecule has 2 aliphatic rings. The molecule has 2 atom stereocenters. The lowest BCUT2D eigenvalue weighted by atomic mass is 9.96. The second-order valence-electron chi connectivity index (χ2n) is 7.69. The van der Waals surface area contributed by atoms with Crippen LogP contribution in [0.2, 0.25) is 4.34 Å². The predicted octanol–water partition coefficient (Wildman–Crippen LogP) is 3.01. The molecule has 1 aromatic carbocycles. The Labute approximate surface area is 179 Å². The van der Waals surface area contributed by atoms with Gasteiger partial charge in [0.2, 0.25) is 0 Å². The van der Waals surface area contributed by atoms with Crippen LogP contribution in [0.15, 0.2) is 30.3 Å². The van der Waals surface area contributed by atoms with Crippen LogP contribution in [0, 0.1) is 0 Å². The minimum Gasteiger partial charge on any atom is -0.378 e. The maximum Gasteiger partial charge on any atom is 0.262 e. The fourth-order valence-corrected chi connectivity index (χ4v) is 4.79. The van der Waals surface area contributed by atoms with Crippen LogP contribution >= 0.6 is 22.9 Å². The van der Waals surface area contributed by atoms with Crippen molar-refractivity contribution >= 4 is 40.4 Å². The molecule has 0 spiro atoms. The van der Waals surface area contributed by atoms with Crippen molar-refractivity contribution in [2.24, 2.45) is 0 Å². The molecule has 1 fully saturated rings. The third-order valence-electron chi connectivity index (χ3n) is 5.48. The molecule has 154 valence electrons. The SMILES string of the molecule is C[C@H]1Cc2ccc(NC(=O)[C@]3(NC(=O)c4ccc(Cl)s4)CCOC3)cc2CCN1. The van der Waals surface area contributed by atoms with Crippen LogP contribution in [0.3, 0.4) is 0 Å². The average molecular weight is 434 g/mol. The van der Waals surface area contributed by atoms with Crippen LogP contribution in [0.5, 0.6) is 0 Å². The van der Waals surface area contributed by atoms with Gasteiger partial charge in [-0.15, -0.1) is 11.3 Å². The first-order chi connectivity index (χ1) is 13.9. The van der Waals surface area contributed by atoms with Gasteiger partial charge in [-0.3, -0.25) is 9.59 Å². The van der Waals surface area contributed by atoms with Crippen LogP contribution in [-0.2, 0) is 22.4 Å². The summed E-state index contributed by atoms with van der Waals surface area (Å²) in [5.41, 5.74) is 2.20. The third kappa shape index (κ3) is 4.48. The minimum atomic E-state index is -1.09. The average Bonchev–Trinajstić information content (AvgIpc) is 3.29. The van der Waals surface area contributed by atoms with Gasteiger partial charge < -0.3 is 20.7 Å². The number of hydrogen-bond acceptors (Lipinski definition) is 5. The van der Waals surface area contributed by atoms with Crippen LogP contribution in [0.4, 0.5) is 5.69 Å². The highest BCUT2D eigenvalue weighted by atomic mass is 35.5. The first-order valence-corrected chi connectivity index (χ1v) is 11.0. The Bertz CT molecular complexity index is 924. The van der Waals surface area contributed by atoms with Gasteiger partial charge in [-0.25, -0.2) is 0 Å². The zero-order valence-electron chi connectivity index (χ0n) is 16.2. The van der Waals surface area contributed by atoms with E-state index in [1.165, 1.54) is 22.5 Å². The first-order valence-electron chi connectivity index (χ1n) is 9.77. The lowest BCUT2D eigenvalue weighted by Gasteiger charge is -2.27. The summed E-state index contributed by atoms with van der Waals surface area (Å²) < 4.78 is 6.01. The quantitative estimate of drug-likeness (QED) is 0.692. The highest BCUT2D eigenvalue weighted by Gasteiger charge is 2.44. The number of hydrogen-bond donors (Lipinski definition) is 3. The summed E-state index contributed by atoms with van der Waals surface area (Å²) in [6.07, 6.45) is 2.32. The van der Waals surface area contributed by atoms with E-state index in [-0.39, 0.29) is 18.4 Å². The number of ether oxygens (including phenoxy) is 1. The molecule has 2 amide bonds. The smallest absolute Gasteiger partial charge is 0.262 e. The number of anilines is 1. The lowest BCUT2D eigenvalue weighted by Crippen LogP contribution is -2.57. The van der Waals surface area contributed by atoms with Crippen molar-refractivity contribution in [3.8, 4) is 0 Å². The molecule has 4 rings (SSSR count). The molecular weight excluding hydrogens is 410 g/mol. The number of fused-ring (bicyclic) bond motifs is 1. The topological polar surface area (TPSA) is 79.5 Å². The third-order valence-corrected chi connectivity index (χ3v) is 6.71. The first kappa shape index (κ1) is 20.3. The molecular formula is C21H24ClN3O3S. The lowest BCUT2D eigenvalue weighted by molar-refractivity contribution is -0.122. The standard InChI is InChI=1S/C21H24ClN3O3S/c1-13-10-14-2-3-16(11-15(14)6-8-23-13)24-20(27)21(7-9-28-12-21)25-19(26)17-4-5-18(22)29-17/h2-5,11,13,23H,6-10,12H2,1H3,(H,24,27)(H,25,26)/t13-,21-/m0/s1. The summed E-state index contributed by atoms with van der Waals surface area (Å²) in [4.78, 5) is 26.3. The minimum absolute atomic E-state index is 0.149. The summed E-state index contributed by atoms with van der Waals surface area (Å²) in [6.45, 7) is 3.67. The normalized spacial score (nSPS) is 23.9. The van der Waals surface area contributed by atoms with E-state index < -0.39 is 5.54 Å². The highest BCUT2D eigenvalue weighted by Crippen LogP contribution is 2.26. The molecule has 3 N–H and O–H groups in total. The Morgan fingerprint density at radius 2 is 2.14 bits per heavy atom. The van der Waals surface area contributed by atoms with Gasteiger partial charge in [-0.05, 0) is 61.7 Å². The van der Waals surface area contributed by atoms with E-state index >= 15 is 0 Å². The summed E-state index contributed by atoms with van der Waals surface area (Å²) in [5.74, 6) is -0.574. The molecule has 1 saturated heterocycles. The molecule has 3 heterocycles. The van der Waals surface area contributed by atoms with Crippen molar-refractivity contribution in [3.63, 3.8) is 0 Å². The van der Waals surface area contributed by atoms with Crippen molar-refractivity contribution < 1.29 is 14.3 Å². The number of benzene rings is 1. The fourth-order valence-electron chi connectivity index (χ4n) is 3.86. The Balaban J connectivity index is 1.51. The van der Waals surface area contributed by atoms with Gasteiger partial charge in [0, 0.05) is 24.8 Å². The van der Waals surface area contributed by atoms with Gasteiger partial charge in [0.1, 0.15) is 5.54 Å². The molecule has 1 aromatic heterocycles. The van der Waals surface area contributed by atoms with E-state index in [0.29, 0.717) is 28.3 Å². The molecule has 0 aliphatic carbocycles. The molecule has 2 aromatic rings. The molecule has 2 aliphatic heterocycles. The zero-order valence-corrected chi connectivity index (χ0v) is 17.8. The summed E-state index contributed by atoms with van der Waals surface area (Å²) in [5, 5.41) is 9.36. The number of nitrogens with one attached hydrogen (secondary N) is 3. The summed E-state index contributed by atoms with van der Waals surface area (Å²) in [7, 11) is 0. The maximum absolute atomic E-state index is 13.2. The van der Waals surface area contributed by atoms with Gasteiger partial charge >= 0.3 is 0 Å². The Morgan fingerprint density at radius 1 is 1.28 bits per heavy atom. The number of thiophene rings is 1. The second kappa shape index (κ2) is 8.44. The van der Waals surface area contributed by atoms with Crippen molar-refractivity contribution in [2.45, 2.75) is 37.8 Å². The van der Waals surface area contributed by atoms with Crippen LogP contribution in [0.25, 0.3) is 0 Å². The summed E-state index contributed by atoms with van der Waals surface area (Å²) in [6, 6.07) is 9.82. The molecule has 6 nitrogen and oxygen atoms in total. The van der Waals surface area contributed by atoms with Crippen molar-refractivity contribution in [1.29, 1.82) is 0 Å². The van der Waals surface area contributed by atoms with E-state index in [4.69, 9.17) is 16.3 Å². The van der Waals surface area contributed by atoms with E-state index in [1.807, 2.05) is 12.1 Å². The zero-order chi connectivity index (χ0) is 20.4. The largest absolute Gasteiger partial charge is 0.378 e. The van der Waals surface area contributed by atoms with Crippen LogP contribution in [0.1, 0.15) is 34.1 Å². The van der Waals surface area contributed by atoms with Gasteiger partial charge in [0.25, 0.3) is 11.8 Å². The molecule has 0 unspecified atom stereocenters. The second-order valence-corrected chi connectivity index (χ2v) is 9.40. The Hall–Kier alpha value is -1.93. The predicted molar refractivity (Wildman–Crippen MR) is 115 cm³/mol. The molecule has 8 heteroatoms. The number of halogens is 1. The van der Waals surface area contributed by atoms with Crippen molar-refractivity contribution in [1.82, 2.24) is 10.6 Å². The Kier molecular flexibility index (Phi) is 5.92. The van der Waals surface area contributed by atoms with Crippen LogP contribution in [-0.4, -0.2) is 43.2 Å². The highest BCUT2D eigenvalue weighted by molar-refractivity contribution is 7.18. The number of amides is 2. The Morgan fingerprint density at radius 3 is 2.86 bits per heavy atom. The molecule has 0 bridgehead atoms. The van der Waals surface area contributed by atoms with E-state index in [2.05, 4.69) is 28.9 Å². The molecule has 0 saturated carbocycles.